The van der Waals surface area contributed by atoms with Crippen LogP contribution in [0.1, 0.15) is 23.6 Å². The van der Waals surface area contributed by atoms with Gasteiger partial charge >= 0.3 is 5.63 Å². The minimum atomic E-state index is -0.587. The van der Waals surface area contributed by atoms with Crippen molar-refractivity contribution in [3.05, 3.63) is 39.2 Å². The summed E-state index contributed by atoms with van der Waals surface area (Å²) in [5, 5.41) is 0.766. The predicted octanol–water partition coefficient (Wildman–Crippen LogP) is 2.75. The molecule has 4 atom stereocenters. The van der Waals surface area contributed by atoms with Crippen molar-refractivity contribution in [1.29, 1.82) is 0 Å². The fourth-order valence-electron chi connectivity index (χ4n) is 4.80. The lowest BCUT2D eigenvalue weighted by Crippen LogP contribution is -2.41. The summed E-state index contributed by atoms with van der Waals surface area (Å²) in [5.41, 5.74) is 2.49. The molecular weight excluding hydrogens is 368 g/mol. The van der Waals surface area contributed by atoms with Crippen LogP contribution in [0, 0.1) is 38.5 Å². The number of likely N-dealkylation sites (tertiary alicyclic amines) is 1. The topological polar surface area (TPSA) is 63.0 Å². The van der Waals surface area contributed by atoms with Crippen LogP contribution in [0.15, 0.2) is 21.3 Å². The lowest BCUT2D eigenvalue weighted by Gasteiger charge is -2.25. The van der Waals surface area contributed by atoms with Crippen LogP contribution in [-0.4, -0.2) is 55.5 Å². The van der Waals surface area contributed by atoms with E-state index >= 15 is 0 Å². The first kappa shape index (κ1) is 20.0. The molecule has 0 N–H and O–H groups in total. The average Bonchev–Trinajstić information content (AvgIpc) is 3.07. The zero-order chi connectivity index (χ0) is 21.0. The third kappa shape index (κ3) is 3.54. The fraction of sp³-hybridized carbons (Fsp3) is 0.565. The van der Waals surface area contributed by atoms with Gasteiger partial charge in [0.25, 0.3) is 5.91 Å². The lowest BCUT2D eigenvalue weighted by atomic mass is 10.0. The molecule has 1 aromatic carbocycles. The maximum atomic E-state index is 13.0. The lowest BCUT2D eigenvalue weighted by molar-refractivity contribution is -0.137. The van der Waals surface area contributed by atoms with Gasteiger partial charge in [-0.05, 0) is 82.8 Å². The summed E-state index contributed by atoms with van der Waals surface area (Å²) in [5.74, 6) is 2.61. The first-order valence-corrected chi connectivity index (χ1v) is 10.3. The summed E-state index contributed by atoms with van der Waals surface area (Å²) < 4.78 is 11.6. The van der Waals surface area contributed by atoms with Gasteiger partial charge in [-0.3, -0.25) is 4.79 Å². The van der Waals surface area contributed by atoms with Gasteiger partial charge in [-0.2, -0.15) is 0 Å². The van der Waals surface area contributed by atoms with E-state index in [1.54, 1.807) is 13.8 Å². The Balaban J connectivity index is 1.51. The zero-order valence-corrected chi connectivity index (χ0v) is 18.1. The van der Waals surface area contributed by atoms with Gasteiger partial charge in [0.05, 0.1) is 5.39 Å². The van der Waals surface area contributed by atoms with Crippen molar-refractivity contribution in [3.63, 3.8) is 0 Å². The second kappa shape index (κ2) is 7.17. The molecule has 1 amide bonds. The summed E-state index contributed by atoms with van der Waals surface area (Å²) in [6.45, 7) is 10.1. The minimum absolute atomic E-state index is 0.0298. The molecule has 156 valence electrons. The third-order valence-electron chi connectivity index (χ3n) is 6.57. The summed E-state index contributed by atoms with van der Waals surface area (Å²) in [7, 11) is 4.20. The van der Waals surface area contributed by atoms with Crippen molar-refractivity contribution >= 4 is 16.9 Å². The molecule has 2 heterocycles. The number of hydrogen-bond acceptors (Lipinski definition) is 5. The Labute approximate surface area is 171 Å². The number of nitrogens with zero attached hydrogens (tertiary/aromatic N) is 2. The number of carbonyl (C=O) groups is 1. The second-order valence-corrected chi connectivity index (χ2v) is 9.03. The maximum absolute atomic E-state index is 13.0. The van der Waals surface area contributed by atoms with Crippen LogP contribution >= 0.6 is 0 Å². The van der Waals surface area contributed by atoms with E-state index in [0.717, 1.165) is 42.1 Å². The van der Waals surface area contributed by atoms with Crippen LogP contribution in [0.4, 0.5) is 0 Å². The van der Waals surface area contributed by atoms with E-state index in [2.05, 4.69) is 19.0 Å². The van der Waals surface area contributed by atoms with Crippen LogP contribution in [0.3, 0.4) is 0 Å². The summed E-state index contributed by atoms with van der Waals surface area (Å²) in [6.07, 6.45) is -0.587. The molecule has 1 aliphatic heterocycles. The summed E-state index contributed by atoms with van der Waals surface area (Å²) in [6, 6.07) is 3.74. The molecular formula is C23H30N2O4. The SMILES string of the molecule is Cc1cc(OC(C)C(=O)N2C[C@@H]3C(CN(C)C)[C@@H]3C2)c2c(C)c(C)c(=O)oc2c1. The van der Waals surface area contributed by atoms with E-state index in [9.17, 15) is 9.59 Å². The van der Waals surface area contributed by atoms with E-state index in [1.807, 2.05) is 30.9 Å². The number of fused-ring (bicyclic) bond motifs is 2. The normalized spacial score (nSPS) is 24.1. The van der Waals surface area contributed by atoms with Crippen LogP contribution < -0.4 is 10.4 Å². The molecule has 2 fully saturated rings. The number of amides is 1. The van der Waals surface area contributed by atoms with Crippen LogP contribution in [0.25, 0.3) is 11.0 Å². The molecule has 2 aromatic rings. The Morgan fingerprint density at radius 2 is 1.86 bits per heavy atom. The molecule has 0 spiro atoms. The largest absolute Gasteiger partial charge is 0.480 e. The molecule has 1 saturated carbocycles. The Morgan fingerprint density at radius 3 is 2.48 bits per heavy atom. The van der Waals surface area contributed by atoms with Gasteiger partial charge in [-0.15, -0.1) is 0 Å². The molecule has 29 heavy (non-hydrogen) atoms. The summed E-state index contributed by atoms with van der Waals surface area (Å²) in [4.78, 5) is 29.2. The molecule has 6 heteroatoms. The number of piperidine rings is 1. The number of benzene rings is 1. The molecule has 1 saturated heterocycles. The molecule has 0 bridgehead atoms. The van der Waals surface area contributed by atoms with Crippen LogP contribution in [0.5, 0.6) is 5.75 Å². The van der Waals surface area contributed by atoms with Gasteiger partial charge in [0.2, 0.25) is 0 Å². The van der Waals surface area contributed by atoms with Gasteiger partial charge in [0, 0.05) is 25.2 Å². The highest BCUT2D eigenvalue weighted by Gasteiger charge is 2.56. The number of ether oxygens (including phenoxy) is 1. The van der Waals surface area contributed by atoms with E-state index in [4.69, 9.17) is 9.15 Å². The number of rotatable bonds is 5. The van der Waals surface area contributed by atoms with Crippen molar-refractivity contribution in [2.45, 2.75) is 33.8 Å². The number of carbonyl (C=O) groups excluding carboxylic acids is 1. The minimum Gasteiger partial charge on any atom is -0.480 e. The highest BCUT2D eigenvalue weighted by atomic mass is 16.5. The average molecular weight is 399 g/mol. The Morgan fingerprint density at radius 1 is 1.21 bits per heavy atom. The molecule has 0 radical (unpaired) electrons. The molecule has 4 rings (SSSR count). The Bertz CT molecular complexity index is 1010. The Hall–Kier alpha value is -2.34. The maximum Gasteiger partial charge on any atom is 0.339 e. The van der Waals surface area contributed by atoms with Gasteiger partial charge in [0.1, 0.15) is 11.3 Å². The molecule has 2 unspecified atom stereocenters. The highest BCUT2D eigenvalue weighted by Crippen LogP contribution is 2.51. The number of aryl methyl sites for hydroxylation is 2. The van der Waals surface area contributed by atoms with Crippen molar-refractivity contribution in [2.24, 2.45) is 17.8 Å². The molecule has 1 aromatic heterocycles. The number of hydrogen-bond donors (Lipinski definition) is 0. The first-order valence-electron chi connectivity index (χ1n) is 10.3. The van der Waals surface area contributed by atoms with Crippen LogP contribution in [-0.2, 0) is 4.79 Å². The van der Waals surface area contributed by atoms with E-state index in [0.29, 0.717) is 28.7 Å². The van der Waals surface area contributed by atoms with E-state index < -0.39 is 6.10 Å². The summed E-state index contributed by atoms with van der Waals surface area (Å²) >= 11 is 0. The van der Waals surface area contributed by atoms with Crippen LogP contribution in [0.2, 0.25) is 0 Å². The van der Waals surface area contributed by atoms with E-state index in [-0.39, 0.29) is 11.5 Å². The zero-order valence-electron chi connectivity index (χ0n) is 18.1. The standard InChI is InChI=1S/C23H30N2O4/c1-12-7-19(21-13(2)14(3)23(27)29-20(21)8-12)28-15(4)22(26)25-10-17-16(9-24(5)6)18(17)11-25/h7-8,15-18H,9-11H2,1-6H3/t15?,16?,17-,18+. The van der Waals surface area contributed by atoms with Crippen molar-refractivity contribution in [3.8, 4) is 5.75 Å². The van der Waals surface area contributed by atoms with Crippen molar-refractivity contribution in [1.82, 2.24) is 9.80 Å². The molecule has 2 aliphatic rings. The highest BCUT2D eigenvalue weighted by molar-refractivity contribution is 5.89. The van der Waals surface area contributed by atoms with Crippen molar-refractivity contribution in [2.75, 3.05) is 33.7 Å². The quantitative estimate of drug-likeness (QED) is 0.725. The Kier molecular flexibility index (Phi) is 4.93. The van der Waals surface area contributed by atoms with Crippen molar-refractivity contribution < 1.29 is 13.9 Å². The van der Waals surface area contributed by atoms with E-state index in [1.165, 1.54) is 0 Å². The van der Waals surface area contributed by atoms with Gasteiger partial charge in [-0.1, -0.05) is 0 Å². The first-order chi connectivity index (χ1) is 13.7. The molecule has 6 nitrogen and oxygen atoms in total. The predicted molar refractivity (Wildman–Crippen MR) is 112 cm³/mol. The van der Waals surface area contributed by atoms with Gasteiger partial charge in [0.15, 0.2) is 6.10 Å². The monoisotopic (exact) mass is 398 g/mol. The van der Waals surface area contributed by atoms with Gasteiger partial charge < -0.3 is 19.0 Å². The third-order valence-corrected chi connectivity index (χ3v) is 6.57. The molecule has 1 aliphatic carbocycles. The van der Waals surface area contributed by atoms with Gasteiger partial charge in [-0.25, -0.2) is 4.79 Å². The smallest absolute Gasteiger partial charge is 0.339 e. The fourth-order valence-corrected chi connectivity index (χ4v) is 4.80. The second-order valence-electron chi connectivity index (χ2n) is 9.03.